The molecule has 2 nitrogen and oxygen atoms in total. The Hall–Kier alpha value is -3.39. The van der Waals surface area contributed by atoms with E-state index in [9.17, 15) is 4.79 Å². The molecule has 4 aromatic rings. The van der Waals surface area contributed by atoms with E-state index in [1.54, 1.807) is 6.07 Å². The monoisotopic (exact) mass is 365 g/mol. The van der Waals surface area contributed by atoms with Crippen LogP contribution in [0.2, 0.25) is 0 Å². The molecule has 4 rings (SSSR count). The van der Waals surface area contributed by atoms with Gasteiger partial charge in [-0.05, 0) is 44.0 Å². The average molecular weight is 365 g/mol. The van der Waals surface area contributed by atoms with Crippen molar-refractivity contribution in [3.8, 4) is 28.2 Å². The highest BCUT2D eigenvalue weighted by Crippen LogP contribution is 2.33. The van der Waals surface area contributed by atoms with E-state index in [1.807, 2.05) is 43.3 Å². The molecule has 138 valence electrons. The van der Waals surface area contributed by atoms with Gasteiger partial charge < -0.3 is 4.57 Å². The van der Waals surface area contributed by atoms with Crippen molar-refractivity contribution in [1.82, 2.24) is 4.57 Å². The zero-order chi connectivity index (χ0) is 19.7. The van der Waals surface area contributed by atoms with Crippen molar-refractivity contribution in [1.29, 1.82) is 0 Å². The van der Waals surface area contributed by atoms with E-state index in [4.69, 9.17) is 0 Å². The lowest BCUT2D eigenvalue weighted by Gasteiger charge is -2.22. The highest BCUT2D eigenvalue weighted by atomic mass is 16.1. The number of rotatable bonds is 3. The average Bonchev–Trinajstić information content (AvgIpc) is 2.71. The van der Waals surface area contributed by atoms with Crippen molar-refractivity contribution < 1.29 is 0 Å². The number of aromatic nitrogens is 1. The van der Waals surface area contributed by atoms with Crippen molar-refractivity contribution in [2.75, 3.05) is 0 Å². The highest BCUT2D eigenvalue weighted by Gasteiger charge is 2.18. The normalized spacial score (nSPS) is 10.8. The van der Waals surface area contributed by atoms with E-state index in [0.29, 0.717) is 0 Å². The molecule has 0 saturated carbocycles. The van der Waals surface area contributed by atoms with Gasteiger partial charge in [0.25, 0.3) is 0 Å². The first-order chi connectivity index (χ1) is 13.6. The molecule has 3 aromatic carbocycles. The van der Waals surface area contributed by atoms with Crippen LogP contribution in [0.15, 0.2) is 89.7 Å². The summed E-state index contributed by atoms with van der Waals surface area (Å²) in [5.41, 5.74) is 8.20. The molecular weight excluding hydrogens is 342 g/mol. The lowest BCUT2D eigenvalue weighted by Crippen LogP contribution is -2.16. The maximum absolute atomic E-state index is 13.0. The molecule has 0 amide bonds. The molecule has 0 fully saturated rings. The molecule has 0 spiro atoms. The first-order valence-electron chi connectivity index (χ1n) is 9.51. The van der Waals surface area contributed by atoms with Crippen molar-refractivity contribution in [3.63, 3.8) is 0 Å². The summed E-state index contributed by atoms with van der Waals surface area (Å²) in [5.74, 6) is 0. The van der Waals surface area contributed by atoms with Gasteiger partial charge in [-0.3, -0.25) is 4.79 Å². The summed E-state index contributed by atoms with van der Waals surface area (Å²) in [6, 6.07) is 28.5. The van der Waals surface area contributed by atoms with Gasteiger partial charge in [0, 0.05) is 22.9 Å². The number of benzene rings is 3. The number of pyridine rings is 1. The maximum Gasteiger partial charge on any atom is 0.185 e. The molecule has 0 saturated heterocycles. The molecule has 1 aromatic heterocycles. The molecule has 0 aliphatic heterocycles. The quantitative estimate of drug-likeness (QED) is 0.430. The van der Waals surface area contributed by atoms with Crippen LogP contribution in [0.4, 0.5) is 0 Å². The van der Waals surface area contributed by atoms with Gasteiger partial charge >= 0.3 is 0 Å². The van der Waals surface area contributed by atoms with Crippen LogP contribution in [0.3, 0.4) is 0 Å². The van der Waals surface area contributed by atoms with Crippen LogP contribution in [0.5, 0.6) is 0 Å². The standard InChI is InChI=1S/C26H23NO/c1-18-14-15-23(19(2)16-18)26-20(3)25(28)17-24(21-10-6-4-7-11-21)27(26)22-12-8-5-9-13-22/h4-17H,1-3H3. The van der Waals surface area contributed by atoms with Crippen LogP contribution in [0.1, 0.15) is 16.7 Å². The molecule has 0 aliphatic rings. The first-order valence-corrected chi connectivity index (χ1v) is 9.51. The van der Waals surface area contributed by atoms with Gasteiger partial charge in [0.1, 0.15) is 0 Å². The number of hydrogen-bond acceptors (Lipinski definition) is 1. The summed E-state index contributed by atoms with van der Waals surface area (Å²) in [7, 11) is 0. The third-order valence-electron chi connectivity index (χ3n) is 5.18. The van der Waals surface area contributed by atoms with Crippen molar-refractivity contribution in [2.24, 2.45) is 0 Å². The third-order valence-corrected chi connectivity index (χ3v) is 5.18. The van der Waals surface area contributed by atoms with E-state index < -0.39 is 0 Å². The van der Waals surface area contributed by atoms with Gasteiger partial charge in [-0.1, -0.05) is 72.3 Å². The Morgan fingerprint density at radius 1 is 0.714 bits per heavy atom. The molecule has 0 atom stereocenters. The third kappa shape index (κ3) is 3.18. The summed E-state index contributed by atoms with van der Waals surface area (Å²) >= 11 is 0. The lowest BCUT2D eigenvalue weighted by atomic mass is 9.97. The Labute approximate surface area is 165 Å². The smallest absolute Gasteiger partial charge is 0.185 e. The van der Waals surface area contributed by atoms with E-state index in [1.165, 1.54) is 5.56 Å². The van der Waals surface area contributed by atoms with Crippen LogP contribution in [0.25, 0.3) is 28.2 Å². The second kappa shape index (κ2) is 7.32. The van der Waals surface area contributed by atoms with E-state index in [-0.39, 0.29) is 5.43 Å². The van der Waals surface area contributed by atoms with E-state index in [2.05, 4.69) is 60.9 Å². The molecule has 0 unspecified atom stereocenters. The molecule has 0 aliphatic carbocycles. The summed E-state index contributed by atoms with van der Waals surface area (Å²) in [6.45, 7) is 6.12. The lowest BCUT2D eigenvalue weighted by molar-refractivity contribution is 1.03. The number of nitrogens with zero attached hydrogens (tertiary/aromatic N) is 1. The van der Waals surface area contributed by atoms with Gasteiger partial charge in [0.05, 0.1) is 11.4 Å². The van der Waals surface area contributed by atoms with Crippen LogP contribution in [-0.2, 0) is 0 Å². The minimum absolute atomic E-state index is 0.0565. The number of aryl methyl sites for hydroxylation is 2. The Morgan fingerprint density at radius 2 is 1.36 bits per heavy atom. The van der Waals surface area contributed by atoms with Crippen LogP contribution in [-0.4, -0.2) is 4.57 Å². The second-order valence-corrected chi connectivity index (χ2v) is 7.22. The molecule has 0 radical (unpaired) electrons. The predicted molar refractivity (Wildman–Crippen MR) is 117 cm³/mol. The van der Waals surface area contributed by atoms with Gasteiger partial charge in [-0.25, -0.2) is 0 Å². The van der Waals surface area contributed by atoms with Gasteiger partial charge in [0.15, 0.2) is 5.43 Å². The number of hydrogen-bond donors (Lipinski definition) is 0. The predicted octanol–water partition coefficient (Wildman–Crippen LogP) is 6.10. The summed E-state index contributed by atoms with van der Waals surface area (Å²) in [5, 5.41) is 0. The molecular formula is C26H23NO. The van der Waals surface area contributed by atoms with Gasteiger partial charge in [-0.2, -0.15) is 0 Å². The summed E-state index contributed by atoms with van der Waals surface area (Å²) in [6.07, 6.45) is 0. The fourth-order valence-electron chi connectivity index (χ4n) is 3.77. The van der Waals surface area contributed by atoms with Crippen LogP contribution in [0, 0.1) is 20.8 Å². The van der Waals surface area contributed by atoms with Crippen LogP contribution < -0.4 is 5.43 Å². The minimum atomic E-state index is 0.0565. The van der Waals surface area contributed by atoms with Gasteiger partial charge in [0.2, 0.25) is 0 Å². The summed E-state index contributed by atoms with van der Waals surface area (Å²) < 4.78 is 2.21. The second-order valence-electron chi connectivity index (χ2n) is 7.22. The topological polar surface area (TPSA) is 22.0 Å². The fraction of sp³-hybridized carbons (Fsp3) is 0.115. The fourth-order valence-corrected chi connectivity index (χ4v) is 3.77. The van der Waals surface area contributed by atoms with Gasteiger partial charge in [-0.15, -0.1) is 0 Å². The minimum Gasteiger partial charge on any atom is -0.309 e. The maximum atomic E-state index is 13.0. The Bertz CT molecular complexity index is 1190. The Balaban J connectivity index is 2.16. The molecule has 2 heteroatoms. The first kappa shape index (κ1) is 18.0. The largest absolute Gasteiger partial charge is 0.309 e. The molecule has 0 bridgehead atoms. The molecule has 0 N–H and O–H groups in total. The Morgan fingerprint density at radius 3 is 2.00 bits per heavy atom. The van der Waals surface area contributed by atoms with Crippen molar-refractivity contribution >= 4 is 0 Å². The Kier molecular flexibility index (Phi) is 4.70. The van der Waals surface area contributed by atoms with Crippen molar-refractivity contribution in [3.05, 3.63) is 112 Å². The SMILES string of the molecule is Cc1ccc(-c2c(C)c(=O)cc(-c3ccccc3)n2-c2ccccc2)c(C)c1. The van der Waals surface area contributed by atoms with E-state index in [0.717, 1.165) is 39.3 Å². The zero-order valence-corrected chi connectivity index (χ0v) is 16.4. The zero-order valence-electron chi connectivity index (χ0n) is 16.4. The summed E-state index contributed by atoms with van der Waals surface area (Å²) in [4.78, 5) is 13.0. The number of para-hydroxylation sites is 1. The van der Waals surface area contributed by atoms with Crippen LogP contribution >= 0.6 is 0 Å². The molecule has 28 heavy (non-hydrogen) atoms. The highest BCUT2D eigenvalue weighted by molar-refractivity contribution is 5.75. The van der Waals surface area contributed by atoms with E-state index >= 15 is 0 Å². The van der Waals surface area contributed by atoms with Crippen molar-refractivity contribution in [2.45, 2.75) is 20.8 Å². The molecule has 1 heterocycles.